The maximum absolute atomic E-state index is 8.42. The Hall–Kier alpha value is 3.48. The summed E-state index contributed by atoms with van der Waals surface area (Å²) in [4.78, 5) is 0. The molecule has 74 valence electrons. The molecule has 0 fully saturated rings. The van der Waals surface area contributed by atoms with Gasteiger partial charge < -0.3 is 45.2 Å². The summed E-state index contributed by atoms with van der Waals surface area (Å²) in [6.07, 6.45) is 0. The minimum Gasteiger partial charge on any atom is -0.907 e. The van der Waals surface area contributed by atoms with Crippen molar-refractivity contribution in [3.8, 4) is 0 Å². The van der Waals surface area contributed by atoms with Crippen molar-refractivity contribution < 1.29 is 127 Å². The standard InChI is InChI=1S/3BO3.Bi.3Cd/c3*2-1(3)4;;;;/q3*-3;+3;3*+2. The summed E-state index contributed by atoms with van der Waals surface area (Å²) < 4.78 is 0. The molecule has 16 heteroatoms. The quantitative estimate of drug-likeness (QED) is 0.217. The maximum Gasteiger partial charge on any atom is 3.00 e. The molecule has 0 spiro atoms. The Morgan fingerprint density at radius 1 is 0.375 bits per heavy atom. The van der Waals surface area contributed by atoms with E-state index in [4.69, 9.17) is 45.2 Å². The Morgan fingerprint density at radius 2 is 0.375 bits per heavy atom. The molecular formula is B3BiCd3O9. The zero-order valence-corrected chi connectivity index (χ0v) is 23.6. The van der Waals surface area contributed by atoms with E-state index >= 15 is 0 Å². The van der Waals surface area contributed by atoms with Gasteiger partial charge in [0.2, 0.25) is 0 Å². The third-order valence-corrected chi connectivity index (χ3v) is 0. The first kappa shape index (κ1) is 42.7. The van der Waals surface area contributed by atoms with Gasteiger partial charge in [0, 0.05) is 0 Å². The van der Waals surface area contributed by atoms with Gasteiger partial charge in [-0.2, -0.15) is 0 Å². The predicted octanol–water partition coefficient (Wildman–Crippen LogP) is -12.2. The van der Waals surface area contributed by atoms with Crippen LogP contribution in [0.3, 0.4) is 0 Å². The molecule has 0 atom stereocenters. The Morgan fingerprint density at radius 3 is 0.375 bits per heavy atom. The predicted molar refractivity (Wildman–Crippen MR) is 23.0 cm³/mol. The molecule has 0 amide bonds. The molecule has 0 bridgehead atoms. The molecule has 0 aromatic heterocycles. The van der Waals surface area contributed by atoms with Gasteiger partial charge in [0.15, 0.2) is 0 Å². The molecule has 0 saturated carbocycles. The zero-order chi connectivity index (χ0) is 10.7. The Balaban J connectivity index is -0.0000000135. The molecular weight excluding hydrogens is 723 g/mol. The average molecular weight is 723 g/mol. The van der Waals surface area contributed by atoms with Crippen molar-refractivity contribution in [3.05, 3.63) is 0 Å². The molecule has 0 aliphatic carbocycles. The van der Waals surface area contributed by atoms with Gasteiger partial charge in [-0.1, -0.05) is 0 Å². The summed E-state index contributed by atoms with van der Waals surface area (Å²) in [7, 11) is -8.75. The van der Waals surface area contributed by atoms with Gasteiger partial charge in [-0.3, -0.25) is 22.0 Å². The molecule has 0 aliphatic heterocycles. The fraction of sp³-hybridized carbons (Fsp3) is 0. The molecule has 0 saturated heterocycles. The van der Waals surface area contributed by atoms with Gasteiger partial charge in [0.05, 0.1) is 0 Å². The van der Waals surface area contributed by atoms with Crippen LogP contribution in [0.15, 0.2) is 0 Å². The smallest absolute Gasteiger partial charge is 0.907 e. The monoisotopic (exact) mass is 728 g/mol. The minimum absolute atomic E-state index is 0. The SMILES string of the molecule is [Bi+3].[Cd+2].[Cd+2].[Cd+2].[O-]B([O-])[O-].[O-]B([O-])[O-].[O-]B([O-])[O-]. The summed E-state index contributed by atoms with van der Waals surface area (Å²) >= 11 is 0. The minimum atomic E-state index is -2.92. The van der Waals surface area contributed by atoms with Gasteiger partial charge in [-0.05, 0) is 0 Å². The van der Waals surface area contributed by atoms with Crippen LogP contribution >= 0.6 is 0 Å². The molecule has 0 rings (SSSR count). The third-order valence-electron chi connectivity index (χ3n) is 0. The molecule has 0 heterocycles. The van der Waals surface area contributed by atoms with E-state index in [1.807, 2.05) is 0 Å². The molecule has 9 nitrogen and oxygen atoms in total. The fourth-order valence-corrected chi connectivity index (χ4v) is 0. The first-order chi connectivity index (χ1) is 5.20. The van der Waals surface area contributed by atoms with Crippen molar-refractivity contribution in [1.29, 1.82) is 0 Å². The van der Waals surface area contributed by atoms with Crippen LogP contribution in [0.25, 0.3) is 0 Å². The Bertz CT molecular complexity index is 54.5. The summed E-state index contributed by atoms with van der Waals surface area (Å²) in [5, 5.41) is 75.8. The number of rotatable bonds is 0. The van der Waals surface area contributed by atoms with Crippen LogP contribution in [0.5, 0.6) is 0 Å². The van der Waals surface area contributed by atoms with E-state index in [-0.39, 0.29) is 108 Å². The van der Waals surface area contributed by atoms with Crippen LogP contribution in [-0.4, -0.2) is 48.2 Å². The van der Waals surface area contributed by atoms with E-state index in [1.54, 1.807) is 0 Å². The van der Waals surface area contributed by atoms with Crippen LogP contribution in [0.2, 0.25) is 0 Å². The van der Waals surface area contributed by atoms with Crippen LogP contribution in [0.1, 0.15) is 0 Å². The van der Waals surface area contributed by atoms with Gasteiger partial charge in [-0.25, -0.2) is 0 Å². The van der Waals surface area contributed by atoms with E-state index in [9.17, 15) is 0 Å². The number of hydrogen-bond donors (Lipinski definition) is 0. The Kier molecular flexibility index (Phi) is 96.8. The fourth-order valence-electron chi connectivity index (χ4n) is 0. The van der Waals surface area contributed by atoms with Crippen molar-refractivity contribution in [3.63, 3.8) is 0 Å². The van der Waals surface area contributed by atoms with Crippen molar-refractivity contribution >= 4 is 48.2 Å². The maximum atomic E-state index is 8.42. The summed E-state index contributed by atoms with van der Waals surface area (Å²) in [5.74, 6) is 0. The van der Waals surface area contributed by atoms with Crippen molar-refractivity contribution in [2.75, 3.05) is 0 Å². The second-order valence-electron chi connectivity index (χ2n) is 0.866. The Labute approximate surface area is 172 Å². The largest absolute Gasteiger partial charge is 3.00 e. The van der Waals surface area contributed by atoms with E-state index in [2.05, 4.69) is 0 Å². The summed E-state index contributed by atoms with van der Waals surface area (Å²) in [6, 6.07) is 0. The molecule has 2 radical (unpaired) electrons. The van der Waals surface area contributed by atoms with Gasteiger partial charge in [0.25, 0.3) is 0 Å². The molecule has 0 N–H and O–H groups in total. The number of hydrogen-bond acceptors (Lipinski definition) is 9. The van der Waals surface area contributed by atoms with Crippen LogP contribution in [0, 0.1) is 0 Å². The molecule has 0 aromatic rings. The van der Waals surface area contributed by atoms with Crippen LogP contribution in [0.4, 0.5) is 0 Å². The molecule has 0 aliphatic rings. The second kappa shape index (κ2) is 36.3. The summed E-state index contributed by atoms with van der Waals surface area (Å²) in [5.41, 5.74) is 0. The van der Waals surface area contributed by atoms with E-state index in [1.165, 1.54) is 0 Å². The van der Waals surface area contributed by atoms with Gasteiger partial charge >= 0.3 is 108 Å². The third kappa shape index (κ3) is 391. The van der Waals surface area contributed by atoms with Crippen molar-refractivity contribution in [2.24, 2.45) is 0 Å². The van der Waals surface area contributed by atoms with E-state index in [0.717, 1.165) is 0 Å². The normalized spacial score (nSPS) is 5.06. The molecule has 16 heavy (non-hydrogen) atoms. The van der Waals surface area contributed by atoms with Crippen molar-refractivity contribution in [2.45, 2.75) is 0 Å². The summed E-state index contributed by atoms with van der Waals surface area (Å²) in [6.45, 7) is 0. The first-order valence-electron chi connectivity index (χ1n) is 2.12. The zero-order valence-electron chi connectivity index (χ0n) is 7.97. The average Bonchev–Trinajstić information content (AvgIpc) is 1.54. The van der Waals surface area contributed by atoms with Gasteiger partial charge in [0.1, 0.15) is 0 Å². The van der Waals surface area contributed by atoms with Crippen molar-refractivity contribution in [1.82, 2.24) is 0 Å². The van der Waals surface area contributed by atoms with Crippen LogP contribution < -0.4 is 45.2 Å². The topological polar surface area (TPSA) is 208 Å². The second-order valence-corrected chi connectivity index (χ2v) is 0.866. The van der Waals surface area contributed by atoms with E-state index < -0.39 is 22.0 Å². The van der Waals surface area contributed by atoms with Gasteiger partial charge in [-0.15, -0.1) is 0 Å². The molecule has 0 aromatic carbocycles. The molecule has 0 unspecified atom stereocenters. The first-order valence-corrected chi connectivity index (χ1v) is 2.12. The van der Waals surface area contributed by atoms with Crippen LogP contribution in [-0.2, 0) is 81.9 Å². The van der Waals surface area contributed by atoms with E-state index in [0.29, 0.717) is 0 Å².